The molecular weight excluding hydrogens is 354 g/mol. The molecule has 3 aliphatic carbocycles. The second-order valence-electron chi connectivity index (χ2n) is 8.86. The number of nitrogens with zero attached hydrogens (tertiary/aromatic N) is 1. The van der Waals surface area contributed by atoms with E-state index >= 15 is 0 Å². The fourth-order valence-corrected chi connectivity index (χ4v) is 7.00. The highest BCUT2D eigenvalue weighted by Gasteiger charge is 2.76. The Hall–Kier alpha value is -2.40. The van der Waals surface area contributed by atoms with Gasteiger partial charge in [-0.1, -0.05) is 24.3 Å². The summed E-state index contributed by atoms with van der Waals surface area (Å²) in [5, 5.41) is 0. The van der Waals surface area contributed by atoms with Crippen LogP contribution in [0.5, 0.6) is 11.5 Å². The van der Waals surface area contributed by atoms with Gasteiger partial charge >= 0.3 is 5.97 Å². The number of ether oxygens (including phenoxy) is 2. The number of carbonyl (C=O) groups is 2. The third-order valence-corrected chi connectivity index (χ3v) is 7.76. The number of Topliss-reactive ketones (excluding diaryl/α,β-unsaturated/α-hetero) is 1. The van der Waals surface area contributed by atoms with Gasteiger partial charge in [0.25, 0.3) is 0 Å². The minimum absolute atomic E-state index is 0.214. The lowest BCUT2D eigenvalue weighted by molar-refractivity contribution is -0.131. The van der Waals surface area contributed by atoms with E-state index in [-0.39, 0.29) is 11.2 Å². The first kappa shape index (κ1) is 16.5. The minimum atomic E-state index is -0.434. The van der Waals surface area contributed by atoms with Gasteiger partial charge in [0, 0.05) is 41.5 Å². The van der Waals surface area contributed by atoms with Gasteiger partial charge in [-0.05, 0) is 44.4 Å². The molecule has 2 heterocycles. The fraction of sp³-hybridized carbons (Fsp3) is 0.478. The molecule has 5 nitrogen and oxygen atoms in total. The number of hydrogen-bond donors (Lipinski definition) is 0. The highest BCUT2D eigenvalue weighted by Crippen LogP contribution is 2.70. The van der Waals surface area contributed by atoms with Crippen molar-refractivity contribution in [2.45, 2.75) is 49.8 Å². The lowest BCUT2D eigenvalue weighted by atomic mass is 9.56. The summed E-state index contributed by atoms with van der Waals surface area (Å²) >= 11 is 0. The fourth-order valence-electron chi connectivity index (χ4n) is 7.00. The van der Waals surface area contributed by atoms with E-state index in [1.807, 2.05) is 19.1 Å². The first-order valence-corrected chi connectivity index (χ1v) is 10.1. The van der Waals surface area contributed by atoms with Crippen molar-refractivity contribution in [2.75, 3.05) is 7.05 Å². The normalized spacial score (nSPS) is 39.2. The summed E-state index contributed by atoms with van der Waals surface area (Å²) in [5.41, 5.74) is 2.20. The molecule has 6 rings (SSSR count). The number of allylic oxidation sites excluding steroid dienone is 3. The average molecular weight is 377 g/mol. The molecule has 1 aromatic rings. The second-order valence-corrected chi connectivity index (χ2v) is 8.86. The van der Waals surface area contributed by atoms with E-state index in [1.54, 1.807) is 12.2 Å². The number of hydrogen-bond acceptors (Lipinski definition) is 5. The summed E-state index contributed by atoms with van der Waals surface area (Å²) in [7, 11) is 2.21. The number of fused-ring (bicyclic) bond motifs is 2. The maximum Gasteiger partial charge on any atom is 0.336 e. The predicted octanol–water partition coefficient (Wildman–Crippen LogP) is 2.57. The maximum atomic E-state index is 13.0. The van der Waals surface area contributed by atoms with Crippen LogP contribution in [0.25, 0.3) is 0 Å². The summed E-state index contributed by atoms with van der Waals surface area (Å²) in [4.78, 5) is 27.7. The van der Waals surface area contributed by atoms with Crippen molar-refractivity contribution in [2.24, 2.45) is 11.8 Å². The first-order chi connectivity index (χ1) is 13.6. The van der Waals surface area contributed by atoms with Gasteiger partial charge < -0.3 is 9.47 Å². The largest absolute Gasteiger partial charge is 0.477 e. The van der Waals surface area contributed by atoms with Crippen LogP contribution < -0.4 is 9.47 Å². The second kappa shape index (κ2) is 5.35. The molecule has 28 heavy (non-hydrogen) atoms. The van der Waals surface area contributed by atoms with Crippen LogP contribution in [0, 0.1) is 11.8 Å². The summed E-state index contributed by atoms with van der Waals surface area (Å²) in [6.07, 6.45) is 8.87. The molecule has 2 bridgehead atoms. The number of benzene rings is 1. The topological polar surface area (TPSA) is 55.8 Å². The zero-order valence-corrected chi connectivity index (χ0v) is 16.1. The van der Waals surface area contributed by atoms with Crippen LogP contribution >= 0.6 is 0 Å². The Morgan fingerprint density at radius 2 is 2.18 bits per heavy atom. The van der Waals surface area contributed by atoms with E-state index in [0.717, 1.165) is 18.4 Å². The average Bonchev–Trinajstić information content (AvgIpc) is 3.15. The molecule has 0 radical (unpaired) electrons. The van der Waals surface area contributed by atoms with Gasteiger partial charge in [-0.25, -0.2) is 4.79 Å². The molecule has 1 aromatic carbocycles. The smallest absolute Gasteiger partial charge is 0.336 e. The quantitative estimate of drug-likeness (QED) is 0.351. The van der Waals surface area contributed by atoms with E-state index < -0.39 is 12.1 Å². The molecule has 0 aromatic heterocycles. The zero-order chi connectivity index (χ0) is 19.2. The maximum absolute atomic E-state index is 13.0. The molecule has 2 saturated carbocycles. The van der Waals surface area contributed by atoms with Gasteiger partial charge in [-0.2, -0.15) is 0 Å². The van der Waals surface area contributed by atoms with Crippen LogP contribution in [-0.2, 0) is 21.4 Å². The van der Waals surface area contributed by atoms with Crippen molar-refractivity contribution < 1.29 is 19.1 Å². The van der Waals surface area contributed by atoms with E-state index in [9.17, 15) is 9.59 Å². The highest BCUT2D eigenvalue weighted by molar-refractivity contribution is 5.91. The van der Waals surface area contributed by atoms with Crippen LogP contribution in [0.1, 0.15) is 30.9 Å². The number of likely N-dealkylation sites (N-methyl/N-ethyl adjacent to an activating group) is 1. The summed E-state index contributed by atoms with van der Waals surface area (Å²) in [5.74, 6) is 1.76. The third kappa shape index (κ3) is 1.77. The number of esters is 1. The van der Waals surface area contributed by atoms with Gasteiger partial charge in [0.15, 0.2) is 23.4 Å². The molecule has 5 aliphatic rings. The predicted molar refractivity (Wildman–Crippen MR) is 102 cm³/mol. The van der Waals surface area contributed by atoms with Gasteiger partial charge in [-0.15, -0.1) is 0 Å². The number of ketones is 1. The Balaban J connectivity index is 1.46. The number of likely N-dealkylation sites (tertiary alicyclic amines) is 1. The Kier molecular flexibility index (Phi) is 3.16. The number of rotatable bonds is 3. The van der Waals surface area contributed by atoms with Crippen LogP contribution in [0.2, 0.25) is 0 Å². The van der Waals surface area contributed by atoms with Crippen molar-refractivity contribution in [1.29, 1.82) is 0 Å². The molecule has 2 unspecified atom stereocenters. The molecule has 1 spiro atoms. The van der Waals surface area contributed by atoms with E-state index in [4.69, 9.17) is 9.47 Å². The van der Waals surface area contributed by atoms with Crippen LogP contribution in [0.15, 0.2) is 36.4 Å². The summed E-state index contributed by atoms with van der Waals surface area (Å²) in [6.45, 7) is 1.89. The third-order valence-electron chi connectivity index (χ3n) is 7.76. The van der Waals surface area contributed by atoms with Crippen molar-refractivity contribution in [1.82, 2.24) is 4.90 Å². The molecule has 6 atom stereocenters. The summed E-state index contributed by atoms with van der Waals surface area (Å²) in [6, 6.07) is 4.87. The van der Waals surface area contributed by atoms with Gasteiger partial charge in [0.05, 0.1) is 0 Å². The van der Waals surface area contributed by atoms with E-state index in [1.165, 1.54) is 11.6 Å². The highest BCUT2D eigenvalue weighted by atomic mass is 16.6. The van der Waals surface area contributed by atoms with Gasteiger partial charge in [-0.3, -0.25) is 9.69 Å². The Morgan fingerprint density at radius 3 is 3.00 bits per heavy atom. The minimum Gasteiger partial charge on any atom is -0.477 e. The standard InChI is InChI=1S/C23H23NO4/c1-3-4-5-6-17(26)27-16-8-7-12-9-14-19-20(24(14)2)13-10-15(25)22-23(19,11-13)18(12)21(16)28-22/h3-8,13-14,19-20,22H,9-11H2,1-2H3/b4-3+,6-5+/t13-,14?,19+,20?,22-,23+/m0/s1. The Morgan fingerprint density at radius 1 is 1.32 bits per heavy atom. The van der Waals surface area contributed by atoms with Crippen LogP contribution in [-0.4, -0.2) is 41.9 Å². The number of carbonyl (C=O) groups excluding carboxylic acids is 2. The Labute approximate surface area is 164 Å². The van der Waals surface area contributed by atoms with Crippen LogP contribution in [0.3, 0.4) is 0 Å². The van der Waals surface area contributed by atoms with Crippen molar-refractivity contribution in [3.63, 3.8) is 0 Å². The zero-order valence-electron chi connectivity index (χ0n) is 16.1. The van der Waals surface area contributed by atoms with E-state index in [2.05, 4.69) is 18.0 Å². The van der Waals surface area contributed by atoms with Crippen molar-refractivity contribution in [3.05, 3.63) is 47.6 Å². The first-order valence-electron chi connectivity index (χ1n) is 10.1. The molecule has 0 amide bonds. The molecule has 3 fully saturated rings. The molecule has 5 heteroatoms. The van der Waals surface area contributed by atoms with Crippen LogP contribution in [0.4, 0.5) is 0 Å². The lowest BCUT2D eigenvalue weighted by Gasteiger charge is -2.58. The molecule has 2 aliphatic heterocycles. The molecule has 144 valence electrons. The Bertz CT molecular complexity index is 979. The van der Waals surface area contributed by atoms with E-state index in [0.29, 0.717) is 41.8 Å². The molecule has 0 N–H and O–H groups in total. The SMILES string of the molecule is C/C=C/C=C/C(=O)Oc1ccc2c3c1O[C@H]1C(=O)C[C@H]4C[C@]31[C@@H]1C(C2)N(C)C41. The lowest BCUT2D eigenvalue weighted by Crippen LogP contribution is -2.68. The van der Waals surface area contributed by atoms with Gasteiger partial charge in [0.2, 0.25) is 0 Å². The van der Waals surface area contributed by atoms with Gasteiger partial charge in [0.1, 0.15) is 0 Å². The molecule has 1 saturated heterocycles. The monoisotopic (exact) mass is 377 g/mol. The molecular formula is C23H23NO4. The summed E-state index contributed by atoms with van der Waals surface area (Å²) < 4.78 is 11.9. The van der Waals surface area contributed by atoms with Crippen molar-refractivity contribution >= 4 is 11.8 Å². The van der Waals surface area contributed by atoms with Crippen molar-refractivity contribution in [3.8, 4) is 11.5 Å².